The number of benzene rings is 1. The zero-order chi connectivity index (χ0) is 12.8. The minimum atomic E-state index is 0.254. The van der Waals surface area contributed by atoms with Crippen LogP contribution in [-0.2, 0) is 6.42 Å². The van der Waals surface area contributed by atoms with Crippen LogP contribution in [0.5, 0.6) is 5.75 Å². The highest BCUT2D eigenvalue weighted by Crippen LogP contribution is 2.12. The van der Waals surface area contributed by atoms with E-state index in [2.05, 4.69) is 15.9 Å². The average molecular weight is 235 g/mol. The number of rotatable bonds is 2. The van der Waals surface area contributed by atoms with Crippen molar-refractivity contribution in [2.45, 2.75) is 13.3 Å². The number of aromatic hydroxyl groups is 1. The lowest BCUT2D eigenvalue weighted by atomic mass is 10.1. The van der Waals surface area contributed by atoms with Crippen molar-refractivity contribution in [3.8, 4) is 5.75 Å². The van der Waals surface area contributed by atoms with Crippen LogP contribution in [0.4, 0.5) is 0 Å². The molecule has 5 N–H and O–H groups in total. The van der Waals surface area contributed by atoms with Crippen LogP contribution in [0.15, 0.2) is 24.3 Å². The van der Waals surface area contributed by atoms with Crippen molar-refractivity contribution in [2.24, 2.45) is 5.73 Å². The van der Waals surface area contributed by atoms with E-state index < -0.39 is 0 Å². The van der Waals surface area contributed by atoms with E-state index in [9.17, 15) is 0 Å². The first-order valence-electron chi connectivity index (χ1n) is 5.18. The molecule has 1 aromatic carbocycles. The molecule has 0 saturated heterocycles. The Bertz CT molecular complexity index is 463. The molecule has 0 aliphatic heterocycles. The monoisotopic (exact) mass is 235 g/mol. The molecule has 0 aliphatic carbocycles. The van der Waals surface area contributed by atoms with E-state index in [0.29, 0.717) is 18.1 Å². The molecule has 0 aliphatic rings. The van der Waals surface area contributed by atoms with Crippen LogP contribution < -0.4 is 11.6 Å². The van der Waals surface area contributed by atoms with Crippen molar-refractivity contribution in [1.82, 2.24) is 14.9 Å². The van der Waals surface area contributed by atoms with Crippen molar-refractivity contribution in [2.75, 3.05) is 12.9 Å². The number of phenolic OH excluding ortho intramolecular Hbond substituents is 1. The topological polar surface area (TPSA) is 103 Å². The summed E-state index contributed by atoms with van der Waals surface area (Å²) in [5.74, 6) is 7.37. The van der Waals surface area contributed by atoms with Gasteiger partial charge in [-0.1, -0.05) is 12.1 Å². The van der Waals surface area contributed by atoms with Crippen molar-refractivity contribution in [3.05, 3.63) is 41.5 Å². The molecule has 0 unspecified atom stereocenters. The van der Waals surface area contributed by atoms with Crippen molar-refractivity contribution in [1.29, 1.82) is 0 Å². The molecule has 0 bridgehead atoms. The molecule has 0 atom stereocenters. The maximum atomic E-state index is 9.12. The fourth-order valence-corrected chi connectivity index (χ4v) is 1.33. The van der Waals surface area contributed by atoms with E-state index in [-0.39, 0.29) is 5.75 Å². The first-order chi connectivity index (χ1) is 8.16. The fourth-order valence-electron chi connectivity index (χ4n) is 1.33. The molecule has 1 heterocycles. The Morgan fingerprint density at radius 3 is 2.24 bits per heavy atom. The van der Waals surface area contributed by atoms with Gasteiger partial charge in [0.1, 0.15) is 11.6 Å². The van der Waals surface area contributed by atoms with Gasteiger partial charge in [-0.3, -0.25) is 0 Å². The van der Waals surface area contributed by atoms with Crippen LogP contribution in [0.25, 0.3) is 0 Å². The quantitative estimate of drug-likeness (QED) is 0.644. The van der Waals surface area contributed by atoms with Crippen molar-refractivity contribution in [3.63, 3.8) is 0 Å². The molecule has 92 valence electrons. The largest absolute Gasteiger partial charge is 0.508 e. The standard InChI is InChI=1S/C10H12N4O.CH5N/c1-7-12-13-10(14(7)11)6-8-2-4-9(15)5-3-8;1-2/h2-5,15H,6,11H2,1H3;2H2,1H3. The van der Waals surface area contributed by atoms with Gasteiger partial charge >= 0.3 is 0 Å². The van der Waals surface area contributed by atoms with Crippen LogP contribution in [0.2, 0.25) is 0 Å². The van der Waals surface area contributed by atoms with Gasteiger partial charge in [-0.25, -0.2) is 4.68 Å². The molecule has 6 heteroatoms. The van der Waals surface area contributed by atoms with Gasteiger partial charge in [0, 0.05) is 6.42 Å². The summed E-state index contributed by atoms with van der Waals surface area (Å²) < 4.78 is 1.47. The summed E-state index contributed by atoms with van der Waals surface area (Å²) >= 11 is 0. The summed E-state index contributed by atoms with van der Waals surface area (Å²) in [4.78, 5) is 0. The number of nitrogens with zero attached hydrogens (tertiary/aromatic N) is 3. The normalized spacial score (nSPS) is 9.59. The molecule has 0 radical (unpaired) electrons. The van der Waals surface area contributed by atoms with E-state index in [4.69, 9.17) is 10.9 Å². The summed E-state index contributed by atoms with van der Waals surface area (Å²) in [5.41, 5.74) is 5.53. The molecule has 2 rings (SSSR count). The molecule has 0 saturated carbocycles. The van der Waals surface area contributed by atoms with E-state index in [0.717, 1.165) is 5.56 Å². The number of hydrogen-bond acceptors (Lipinski definition) is 5. The number of aromatic nitrogens is 3. The third kappa shape index (κ3) is 3.18. The van der Waals surface area contributed by atoms with Crippen molar-refractivity contribution >= 4 is 0 Å². The SMILES string of the molecule is CN.Cc1nnc(Cc2ccc(O)cc2)n1N. The minimum Gasteiger partial charge on any atom is -0.508 e. The number of nitrogen functional groups attached to an aromatic ring is 1. The Hall–Kier alpha value is -2.08. The van der Waals surface area contributed by atoms with E-state index in [1.54, 1.807) is 19.1 Å². The lowest BCUT2D eigenvalue weighted by molar-refractivity contribution is 0.475. The number of nitrogens with two attached hydrogens (primary N) is 2. The second kappa shape index (κ2) is 5.86. The molecular formula is C11H17N5O. The zero-order valence-electron chi connectivity index (χ0n) is 9.96. The Morgan fingerprint density at radius 2 is 1.76 bits per heavy atom. The average Bonchev–Trinajstić information content (AvgIpc) is 2.67. The van der Waals surface area contributed by atoms with Gasteiger partial charge in [-0.15, -0.1) is 10.2 Å². The summed E-state index contributed by atoms with van der Waals surface area (Å²) in [5, 5.41) is 17.0. The van der Waals surface area contributed by atoms with E-state index in [1.807, 2.05) is 12.1 Å². The third-order valence-corrected chi connectivity index (χ3v) is 2.24. The Balaban J connectivity index is 0.000000686. The predicted octanol–water partition coefficient (Wildman–Crippen LogP) is 0.172. The molecule has 0 amide bonds. The number of aryl methyl sites for hydroxylation is 1. The maximum absolute atomic E-state index is 9.12. The zero-order valence-corrected chi connectivity index (χ0v) is 9.96. The van der Waals surface area contributed by atoms with Crippen molar-refractivity contribution < 1.29 is 5.11 Å². The highest BCUT2D eigenvalue weighted by molar-refractivity contribution is 5.27. The Kier molecular flexibility index (Phi) is 4.47. The highest BCUT2D eigenvalue weighted by Gasteiger charge is 2.06. The second-order valence-electron chi connectivity index (χ2n) is 3.38. The third-order valence-electron chi connectivity index (χ3n) is 2.24. The van der Waals surface area contributed by atoms with Crippen LogP contribution in [0.1, 0.15) is 17.2 Å². The summed E-state index contributed by atoms with van der Waals surface area (Å²) in [6.45, 7) is 1.80. The lowest BCUT2D eigenvalue weighted by Crippen LogP contribution is -2.14. The first kappa shape index (κ1) is 13.0. The Labute approximate surface area is 99.9 Å². The minimum absolute atomic E-state index is 0.254. The summed E-state index contributed by atoms with van der Waals surface area (Å²) in [7, 11) is 1.50. The van der Waals surface area contributed by atoms with Gasteiger partial charge in [0.25, 0.3) is 0 Å². The van der Waals surface area contributed by atoms with Gasteiger partial charge in [0.05, 0.1) is 0 Å². The van der Waals surface area contributed by atoms with Crippen LogP contribution in [0.3, 0.4) is 0 Å². The van der Waals surface area contributed by atoms with Gasteiger partial charge in [-0.05, 0) is 31.7 Å². The fraction of sp³-hybridized carbons (Fsp3) is 0.273. The Morgan fingerprint density at radius 1 is 1.18 bits per heavy atom. The first-order valence-corrected chi connectivity index (χ1v) is 5.18. The van der Waals surface area contributed by atoms with E-state index >= 15 is 0 Å². The number of phenols is 1. The maximum Gasteiger partial charge on any atom is 0.156 e. The molecular weight excluding hydrogens is 218 g/mol. The molecule has 2 aromatic rings. The molecule has 0 spiro atoms. The van der Waals surface area contributed by atoms with E-state index in [1.165, 1.54) is 11.7 Å². The van der Waals surface area contributed by atoms with Gasteiger partial charge in [-0.2, -0.15) is 0 Å². The van der Waals surface area contributed by atoms with Crippen LogP contribution >= 0.6 is 0 Å². The van der Waals surface area contributed by atoms with Crippen LogP contribution in [-0.4, -0.2) is 27.0 Å². The molecule has 0 fully saturated rings. The summed E-state index contributed by atoms with van der Waals surface area (Å²) in [6, 6.07) is 6.94. The molecule has 1 aromatic heterocycles. The van der Waals surface area contributed by atoms with Crippen LogP contribution in [0, 0.1) is 6.92 Å². The smallest absolute Gasteiger partial charge is 0.156 e. The summed E-state index contributed by atoms with van der Waals surface area (Å²) in [6.07, 6.45) is 0.609. The van der Waals surface area contributed by atoms with Gasteiger partial charge in [0.2, 0.25) is 0 Å². The van der Waals surface area contributed by atoms with Gasteiger partial charge < -0.3 is 16.7 Å². The van der Waals surface area contributed by atoms with Gasteiger partial charge in [0.15, 0.2) is 5.82 Å². The second-order valence-corrected chi connectivity index (χ2v) is 3.38. The highest BCUT2D eigenvalue weighted by atomic mass is 16.3. The number of hydrogen-bond donors (Lipinski definition) is 3. The predicted molar refractivity (Wildman–Crippen MR) is 65.9 cm³/mol. The lowest BCUT2D eigenvalue weighted by Gasteiger charge is -2.01. The molecule has 6 nitrogen and oxygen atoms in total. The molecule has 17 heavy (non-hydrogen) atoms.